The van der Waals surface area contributed by atoms with Gasteiger partial charge in [-0.15, -0.1) is 11.3 Å². The fourth-order valence-corrected chi connectivity index (χ4v) is 2.87. The number of aldehydes is 1. The zero-order valence-corrected chi connectivity index (χ0v) is 14.0. The number of hydrogen-bond donors (Lipinski definition) is 1. The van der Waals surface area contributed by atoms with Crippen LogP contribution in [0.2, 0.25) is 0 Å². The Bertz CT molecular complexity index is 865. The molecule has 0 unspecified atom stereocenters. The predicted molar refractivity (Wildman–Crippen MR) is 94.5 cm³/mol. The lowest BCUT2D eigenvalue weighted by atomic mass is 10.2. The first-order valence-electron chi connectivity index (χ1n) is 7.55. The van der Waals surface area contributed by atoms with Crippen LogP contribution in [0.4, 0.5) is 0 Å². The smallest absolute Gasteiger partial charge is 0.258 e. The van der Waals surface area contributed by atoms with Gasteiger partial charge < -0.3 is 10.1 Å². The number of para-hydroxylation sites is 1. The minimum atomic E-state index is -0.277. The van der Waals surface area contributed by atoms with Gasteiger partial charge in [-0.3, -0.25) is 14.6 Å². The van der Waals surface area contributed by atoms with Crippen LogP contribution in [0.5, 0.6) is 5.75 Å². The second-order valence-corrected chi connectivity index (χ2v) is 6.03. The number of hydrogen-bond acceptors (Lipinski definition) is 6. The first-order valence-corrected chi connectivity index (χ1v) is 8.43. The van der Waals surface area contributed by atoms with Crippen molar-refractivity contribution in [3.05, 3.63) is 64.7 Å². The molecule has 1 amide bonds. The Labute approximate surface area is 148 Å². The number of benzene rings is 1. The number of amides is 1. The number of ether oxygens (including phenoxy) is 1. The van der Waals surface area contributed by atoms with E-state index in [1.807, 2.05) is 17.5 Å². The monoisotopic (exact) mass is 353 g/mol. The lowest BCUT2D eigenvalue weighted by Crippen LogP contribution is -2.28. The summed E-state index contributed by atoms with van der Waals surface area (Å²) in [6.45, 7) is 0.167. The molecule has 0 saturated carbocycles. The van der Waals surface area contributed by atoms with Gasteiger partial charge in [0.15, 0.2) is 12.9 Å². The standard InChI is InChI=1S/C18H15N3O3S/c22-10-14-3-1-2-4-16(14)24-11-17(23)20-9-18-21-15(12-25-18)13-5-7-19-8-6-13/h1-8,10,12H,9,11H2,(H,20,23). The van der Waals surface area contributed by atoms with Gasteiger partial charge in [0.1, 0.15) is 10.8 Å². The molecule has 0 bridgehead atoms. The molecule has 3 aromatic rings. The minimum absolute atomic E-state index is 0.159. The molecule has 0 aliphatic heterocycles. The molecule has 1 N–H and O–H groups in total. The summed E-state index contributed by atoms with van der Waals surface area (Å²) in [6.07, 6.45) is 4.12. The van der Waals surface area contributed by atoms with E-state index in [4.69, 9.17) is 4.74 Å². The van der Waals surface area contributed by atoms with Crippen molar-refractivity contribution >= 4 is 23.5 Å². The predicted octanol–water partition coefficient (Wildman–Crippen LogP) is 2.71. The summed E-state index contributed by atoms with van der Waals surface area (Å²) in [7, 11) is 0. The number of carbonyl (C=O) groups is 2. The SMILES string of the molecule is O=Cc1ccccc1OCC(=O)NCc1nc(-c2ccncc2)cs1. The van der Waals surface area contributed by atoms with Crippen LogP contribution in [-0.2, 0) is 11.3 Å². The van der Waals surface area contributed by atoms with Gasteiger partial charge in [0.05, 0.1) is 17.8 Å². The molecule has 3 rings (SSSR count). The van der Waals surface area contributed by atoms with Crippen LogP contribution in [0.3, 0.4) is 0 Å². The third-order valence-electron chi connectivity index (χ3n) is 3.37. The number of thiazole rings is 1. The normalized spacial score (nSPS) is 10.2. The Balaban J connectivity index is 1.51. The topological polar surface area (TPSA) is 81.2 Å². The molecule has 0 saturated heterocycles. The van der Waals surface area contributed by atoms with E-state index < -0.39 is 0 Å². The van der Waals surface area contributed by atoms with E-state index in [-0.39, 0.29) is 12.5 Å². The van der Waals surface area contributed by atoms with E-state index in [1.54, 1.807) is 36.7 Å². The Hall–Kier alpha value is -3.06. The lowest BCUT2D eigenvalue weighted by molar-refractivity contribution is -0.123. The summed E-state index contributed by atoms with van der Waals surface area (Å²) < 4.78 is 5.39. The highest BCUT2D eigenvalue weighted by Crippen LogP contribution is 2.21. The summed E-state index contributed by atoms with van der Waals surface area (Å²) in [4.78, 5) is 31.3. The molecule has 0 aliphatic carbocycles. The van der Waals surface area contributed by atoms with Crippen LogP contribution in [0.1, 0.15) is 15.4 Å². The largest absolute Gasteiger partial charge is 0.483 e. The number of rotatable bonds is 7. The van der Waals surface area contributed by atoms with Gasteiger partial charge in [0.25, 0.3) is 5.91 Å². The average molecular weight is 353 g/mol. The first kappa shape index (κ1) is 16.8. The Morgan fingerprint density at radius 3 is 2.80 bits per heavy atom. The summed E-state index contributed by atoms with van der Waals surface area (Å²) in [5.41, 5.74) is 2.25. The van der Waals surface area contributed by atoms with E-state index in [9.17, 15) is 9.59 Å². The van der Waals surface area contributed by atoms with E-state index in [0.717, 1.165) is 16.3 Å². The molecule has 6 nitrogen and oxygen atoms in total. The molecular formula is C18H15N3O3S. The van der Waals surface area contributed by atoms with Crippen molar-refractivity contribution in [2.75, 3.05) is 6.61 Å². The van der Waals surface area contributed by atoms with E-state index in [1.165, 1.54) is 11.3 Å². The molecule has 0 atom stereocenters. The minimum Gasteiger partial charge on any atom is -0.483 e. The maximum absolute atomic E-state index is 11.9. The van der Waals surface area contributed by atoms with Crippen molar-refractivity contribution in [2.24, 2.45) is 0 Å². The maximum Gasteiger partial charge on any atom is 0.258 e. The molecule has 1 aromatic carbocycles. The highest BCUT2D eigenvalue weighted by atomic mass is 32.1. The molecule has 126 valence electrons. The zero-order chi connectivity index (χ0) is 17.5. The number of nitrogens with zero attached hydrogens (tertiary/aromatic N) is 2. The molecule has 25 heavy (non-hydrogen) atoms. The summed E-state index contributed by atoms with van der Waals surface area (Å²) >= 11 is 1.47. The van der Waals surface area contributed by atoms with E-state index in [2.05, 4.69) is 15.3 Å². The van der Waals surface area contributed by atoms with Gasteiger partial charge in [0.2, 0.25) is 0 Å². The Morgan fingerprint density at radius 2 is 2.00 bits per heavy atom. The van der Waals surface area contributed by atoms with Crippen LogP contribution in [-0.4, -0.2) is 28.8 Å². The van der Waals surface area contributed by atoms with Gasteiger partial charge in [0, 0.05) is 23.3 Å². The van der Waals surface area contributed by atoms with Crippen molar-refractivity contribution < 1.29 is 14.3 Å². The first-order chi connectivity index (χ1) is 12.3. The molecule has 2 heterocycles. The summed E-state index contributed by atoms with van der Waals surface area (Å²) in [5, 5.41) is 5.49. The highest BCUT2D eigenvalue weighted by molar-refractivity contribution is 7.09. The molecule has 0 aliphatic rings. The third kappa shape index (κ3) is 4.48. The van der Waals surface area contributed by atoms with E-state index >= 15 is 0 Å². The van der Waals surface area contributed by atoms with Crippen LogP contribution < -0.4 is 10.1 Å². The zero-order valence-electron chi connectivity index (χ0n) is 13.2. The Kier molecular flexibility index (Phi) is 5.48. The number of carbonyl (C=O) groups excluding carboxylic acids is 2. The third-order valence-corrected chi connectivity index (χ3v) is 4.22. The maximum atomic E-state index is 11.9. The van der Waals surface area contributed by atoms with Gasteiger partial charge in [-0.25, -0.2) is 4.98 Å². The van der Waals surface area contributed by atoms with Crippen LogP contribution in [0.15, 0.2) is 54.2 Å². The van der Waals surface area contributed by atoms with Crippen molar-refractivity contribution in [1.82, 2.24) is 15.3 Å². The van der Waals surface area contributed by atoms with Crippen LogP contribution in [0.25, 0.3) is 11.3 Å². The molecule has 0 spiro atoms. The number of pyridine rings is 1. The van der Waals surface area contributed by atoms with Crippen LogP contribution in [0, 0.1) is 0 Å². The Morgan fingerprint density at radius 1 is 1.20 bits per heavy atom. The second-order valence-electron chi connectivity index (χ2n) is 5.08. The van der Waals surface area contributed by atoms with Gasteiger partial charge in [-0.2, -0.15) is 0 Å². The number of nitrogens with one attached hydrogen (secondary N) is 1. The molecule has 2 aromatic heterocycles. The number of aromatic nitrogens is 2. The second kappa shape index (κ2) is 8.16. The summed E-state index contributed by atoms with van der Waals surface area (Å²) in [6, 6.07) is 10.5. The van der Waals surface area contributed by atoms with Crippen molar-refractivity contribution in [3.8, 4) is 17.0 Å². The summed E-state index contributed by atoms with van der Waals surface area (Å²) in [5.74, 6) is 0.114. The lowest BCUT2D eigenvalue weighted by Gasteiger charge is -2.08. The van der Waals surface area contributed by atoms with E-state index in [0.29, 0.717) is 24.1 Å². The van der Waals surface area contributed by atoms with Gasteiger partial charge in [-0.05, 0) is 24.3 Å². The fraction of sp³-hybridized carbons (Fsp3) is 0.111. The molecule has 7 heteroatoms. The van der Waals surface area contributed by atoms with Crippen molar-refractivity contribution in [1.29, 1.82) is 0 Å². The molecular weight excluding hydrogens is 338 g/mol. The highest BCUT2D eigenvalue weighted by Gasteiger charge is 2.08. The van der Waals surface area contributed by atoms with Crippen molar-refractivity contribution in [2.45, 2.75) is 6.54 Å². The quantitative estimate of drug-likeness (QED) is 0.661. The van der Waals surface area contributed by atoms with Crippen molar-refractivity contribution in [3.63, 3.8) is 0 Å². The van der Waals surface area contributed by atoms with Gasteiger partial charge >= 0.3 is 0 Å². The fourth-order valence-electron chi connectivity index (χ4n) is 2.13. The van der Waals surface area contributed by atoms with Gasteiger partial charge in [-0.1, -0.05) is 12.1 Å². The average Bonchev–Trinajstić information content (AvgIpc) is 3.14. The van der Waals surface area contributed by atoms with Crippen LogP contribution >= 0.6 is 11.3 Å². The molecule has 0 fully saturated rings. The molecule has 0 radical (unpaired) electrons.